The molecule has 1 aromatic heterocycles. The van der Waals surface area contributed by atoms with Gasteiger partial charge in [0.2, 0.25) is 11.8 Å². The van der Waals surface area contributed by atoms with E-state index in [1.54, 1.807) is 0 Å². The Morgan fingerprint density at radius 3 is 2.33 bits per heavy atom. The number of benzene rings is 3. The first kappa shape index (κ1) is 41.0. The molecule has 0 saturated carbocycles. The zero-order chi connectivity index (χ0) is 41.3. The fraction of sp³-hybridized carbons (Fsp3) is 0.442. The van der Waals surface area contributed by atoms with E-state index in [1.165, 1.54) is 26.0 Å². The molecule has 0 unspecified atom stereocenters. The number of rotatable bonds is 11. The summed E-state index contributed by atoms with van der Waals surface area (Å²) >= 11 is 1.51. The number of aromatic nitrogens is 2. The SMILES string of the molecule is COC(=O)N[C@@H](CSC)C(=O)N1C[Si](C)(C)C[C@H]1c1nc2c(ccc3cc(-c4ccc(C5=CN=C([C@@H]6CCCN6C(=O)[C@@H](NC(=O)OC)C(C)C)C5)cc4)ccc32)[nH]1. The largest absolute Gasteiger partial charge is 0.453 e. The van der Waals surface area contributed by atoms with Crippen LogP contribution in [0.1, 0.15) is 50.5 Å². The number of imidazole rings is 1. The molecule has 0 aliphatic carbocycles. The number of hydrogen-bond donors (Lipinski definition) is 3. The summed E-state index contributed by atoms with van der Waals surface area (Å²) in [6.07, 6.45) is 5.69. The molecule has 3 N–H and O–H groups in total. The lowest BCUT2D eigenvalue weighted by Crippen LogP contribution is -2.53. The fourth-order valence-electron chi connectivity index (χ4n) is 8.61. The van der Waals surface area contributed by atoms with Crippen LogP contribution in [-0.2, 0) is 19.1 Å². The number of aliphatic imine (C=N–C) groups is 1. The first-order valence-corrected chi connectivity index (χ1v) is 24.7. The van der Waals surface area contributed by atoms with E-state index in [1.807, 2.05) is 36.1 Å². The van der Waals surface area contributed by atoms with Crippen LogP contribution in [0.2, 0.25) is 19.1 Å². The van der Waals surface area contributed by atoms with Crippen LogP contribution in [0.25, 0.3) is 38.5 Å². The van der Waals surface area contributed by atoms with Gasteiger partial charge in [0.1, 0.15) is 17.9 Å². The Labute approximate surface area is 344 Å². The van der Waals surface area contributed by atoms with E-state index in [2.05, 4.69) is 83.3 Å². The molecule has 0 radical (unpaired) electrons. The Bertz CT molecular complexity index is 2290. The highest BCUT2D eigenvalue weighted by Crippen LogP contribution is 2.39. The Kier molecular flexibility index (Phi) is 12.0. The number of carbonyl (C=O) groups excluding carboxylic acids is 4. The van der Waals surface area contributed by atoms with Gasteiger partial charge in [-0.15, -0.1) is 0 Å². The van der Waals surface area contributed by atoms with Crippen LogP contribution < -0.4 is 10.6 Å². The zero-order valence-electron chi connectivity index (χ0n) is 34.3. The number of aromatic amines is 1. The molecule has 4 aromatic rings. The third-order valence-corrected chi connectivity index (χ3v) is 14.9. The third-order valence-electron chi connectivity index (χ3n) is 11.6. The van der Waals surface area contributed by atoms with Crippen molar-refractivity contribution in [3.63, 3.8) is 0 Å². The van der Waals surface area contributed by atoms with E-state index in [0.717, 1.165) is 74.5 Å². The molecule has 3 aromatic carbocycles. The second-order valence-electron chi connectivity index (χ2n) is 16.6. The monoisotopic (exact) mass is 823 g/mol. The van der Waals surface area contributed by atoms with Crippen molar-refractivity contribution in [1.29, 1.82) is 0 Å². The molecule has 0 spiro atoms. The van der Waals surface area contributed by atoms with Gasteiger partial charge in [0.05, 0.1) is 45.4 Å². The van der Waals surface area contributed by atoms with Gasteiger partial charge in [0.15, 0.2) is 0 Å². The highest BCUT2D eigenvalue weighted by Gasteiger charge is 2.45. The molecule has 2 fully saturated rings. The number of ether oxygens (including phenoxy) is 2. The molecule has 7 rings (SSSR count). The highest BCUT2D eigenvalue weighted by atomic mass is 32.2. The minimum Gasteiger partial charge on any atom is -0.453 e. The third kappa shape index (κ3) is 8.37. The molecule has 306 valence electrons. The topological polar surface area (TPSA) is 158 Å². The van der Waals surface area contributed by atoms with E-state index < -0.39 is 32.3 Å². The lowest BCUT2D eigenvalue weighted by atomic mass is 9.95. The van der Waals surface area contributed by atoms with Crippen molar-refractivity contribution in [3.05, 3.63) is 72.2 Å². The quantitative estimate of drug-likeness (QED) is 0.135. The minimum atomic E-state index is -1.76. The molecule has 3 aliphatic heterocycles. The summed E-state index contributed by atoms with van der Waals surface area (Å²) in [5.41, 5.74) is 7.13. The Morgan fingerprint density at radius 2 is 1.62 bits per heavy atom. The molecular formula is C43H53N7O6SSi. The number of likely N-dealkylation sites (tertiary alicyclic amines) is 1. The lowest BCUT2D eigenvalue weighted by Gasteiger charge is -2.31. The van der Waals surface area contributed by atoms with Gasteiger partial charge < -0.3 is 34.9 Å². The number of amides is 4. The molecule has 15 heteroatoms. The maximum Gasteiger partial charge on any atom is 0.407 e. The highest BCUT2D eigenvalue weighted by molar-refractivity contribution is 7.98. The molecule has 4 amide bonds. The van der Waals surface area contributed by atoms with Crippen molar-refractivity contribution >= 4 is 76.9 Å². The van der Waals surface area contributed by atoms with Crippen LogP contribution in [-0.4, -0.2) is 115 Å². The summed E-state index contributed by atoms with van der Waals surface area (Å²) in [6, 6.07) is 18.3. The van der Waals surface area contributed by atoms with Crippen LogP contribution in [0.5, 0.6) is 0 Å². The van der Waals surface area contributed by atoms with Gasteiger partial charge in [-0.1, -0.05) is 69.4 Å². The summed E-state index contributed by atoms with van der Waals surface area (Å²) in [6.45, 7) is 9.05. The van der Waals surface area contributed by atoms with Crippen molar-refractivity contribution in [1.82, 2.24) is 30.4 Å². The summed E-state index contributed by atoms with van der Waals surface area (Å²) in [5, 5.41) is 7.56. The number of hydrogen-bond acceptors (Lipinski definition) is 9. The maximum absolute atomic E-state index is 13.9. The number of carbonyl (C=O) groups is 4. The first-order chi connectivity index (χ1) is 27.8. The van der Waals surface area contributed by atoms with Crippen LogP contribution in [0.15, 0.2) is 65.8 Å². The van der Waals surface area contributed by atoms with Gasteiger partial charge in [0, 0.05) is 42.2 Å². The zero-order valence-corrected chi connectivity index (χ0v) is 36.1. The van der Waals surface area contributed by atoms with Crippen molar-refractivity contribution in [2.45, 2.75) is 76.4 Å². The molecule has 13 nitrogen and oxygen atoms in total. The summed E-state index contributed by atoms with van der Waals surface area (Å²) in [7, 11) is 0.841. The predicted molar refractivity (Wildman–Crippen MR) is 232 cm³/mol. The first-order valence-electron chi connectivity index (χ1n) is 19.9. The molecule has 2 saturated heterocycles. The number of fused-ring (bicyclic) bond motifs is 3. The molecular weight excluding hydrogens is 771 g/mol. The van der Waals surface area contributed by atoms with E-state index in [0.29, 0.717) is 24.9 Å². The summed E-state index contributed by atoms with van der Waals surface area (Å²) < 4.78 is 9.60. The molecule has 4 atom stereocenters. The van der Waals surface area contributed by atoms with Crippen molar-refractivity contribution in [2.75, 3.05) is 38.9 Å². The predicted octanol–water partition coefficient (Wildman–Crippen LogP) is 7.16. The lowest BCUT2D eigenvalue weighted by molar-refractivity contribution is -0.134. The van der Waals surface area contributed by atoms with Crippen LogP contribution in [0.3, 0.4) is 0 Å². The number of methoxy groups -OCH3 is 2. The Hall–Kier alpha value is -5.15. The number of nitrogens with zero attached hydrogens (tertiary/aromatic N) is 4. The summed E-state index contributed by atoms with van der Waals surface area (Å²) in [4.78, 5) is 68.9. The van der Waals surface area contributed by atoms with Crippen LogP contribution in [0, 0.1) is 5.92 Å². The second-order valence-corrected chi connectivity index (χ2v) is 22.6. The maximum atomic E-state index is 13.9. The standard InChI is InChI=1S/C43H53N7O6SSi/c1-25(2)37(48-43(54)56-4)41(52)49-18-8-9-35(49)33-20-30(21-44-33)27-12-10-26(11-13-27)28-14-16-31-29(19-28)15-17-32-38(31)47-39(45-32)36-23-58(6,7)24-50(36)40(51)34(22-57-5)46-42(53)55-3/h10-17,19,21,25,34-37H,8-9,18,20,22-24H2,1-7H3,(H,45,47)(H,46,53)(H,48,54)/t34-,35-,36-,37-/m0/s1. The number of H-pyrrole nitrogens is 1. The minimum absolute atomic E-state index is 0.0871. The molecule has 4 heterocycles. The van der Waals surface area contributed by atoms with E-state index in [4.69, 9.17) is 19.5 Å². The average Bonchev–Trinajstić information content (AvgIpc) is 4.04. The molecule has 0 bridgehead atoms. The van der Waals surface area contributed by atoms with Crippen LogP contribution in [0.4, 0.5) is 9.59 Å². The van der Waals surface area contributed by atoms with Crippen molar-refractivity contribution in [2.24, 2.45) is 10.9 Å². The number of allylic oxidation sites excluding steroid dienone is 1. The Morgan fingerprint density at radius 1 is 0.914 bits per heavy atom. The smallest absolute Gasteiger partial charge is 0.407 e. The van der Waals surface area contributed by atoms with Gasteiger partial charge >= 0.3 is 12.2 Å². The average molecular weight is 824 g/mol. The van der Waals surface area contributed by atoms with Gasteiger partial charge in [-0.2, -0.15) is 11.8 Å². The number of alkyl carbamates (subject to hydrolysis) is 2. The molecule has 58 heavy (non-hydrogen) atoms. The number of thioether (sulfide) groups is 1. The number of nitrogens with one attached hydrogen (secondary N) is 3. The summed E-state index contributed by atoms with van der Waals surface area (Å²) in [5.74, 6) is 0.918. The van der Waals surface area contributed by atoms with E-state index in [-0.39, 0.29) is 29.8 Å². The normalized spacial score (nSPS) is 19.9. The molecule has 3 aliphatic rings. The van der Waals surface area contributed by atoms with Gasteiger partial charge in [-0.05, 0) is 70.8 Å². The second kappa shape index (κ2) is 17.0. The van der Waals surface area contributed by atoms with Gasteiger partial charge in [-0.3, -0.25) is 14.6 Å². The Balaban J connectivity index is 1.05. The van der Waals surface area contributed by atoms with Crippen LogP contribution >= 0.6 is 11.8 Å². The van der Waals surface area contributed by atoms with E-state index in [9.17, 15) is 19.2 Å². The van der Waals surface area contributed by atoms with Crippen molar-refractivity contribution < 1.29 is 28.7 Å². The van der Waals surface area contributed by atoms with Gasteiger partial charge in [0.25, 0.3) is 0 Å². The van der Waals surface area contributed by atoms with Gasteiger partial charge in [-0.25, -0.2) is 14.6 Å². The fourth-order valence-corrected chi connectivity index (χ4v) is 12.1. The van der Waals surface area contributed by atoms with E-state index >= 15 is 0 Å². The van der Waals surface area contributed by atoms with Crippen molar-refractivity contribution in [3.8, 4) is 11.1 Å².